The zero-order chi connectivity index (χ0) is 11.1. The van der Waals surface area contributed by atoms with E-state index < -0.39 is 0 Å². The van der Waals surface area contributed by atoms with Crippen LogP contribution in [-0.4, -0.2) is 50.7 Å². The van der Waals surface area contributed by atoms with Gasteiger partial charge in [0.15, 0.2) is 0 Å². The Morgan fingerprint density at radius 2 is 2.40 bits per heavy atom. The van der Waals surface area contributed by atoms with Crippen molar-refractivity contribution >= 4 is 5.91 Å². The van der Waals surface area contributed by atoms with Crippen molar-refractivity contribution < 1.29 is 9.53 Å². The molecule has 0 radical (unpaired) electrons. The van der Waals surface area contributed by atoms with Crippen LogP contribution in [0.1, 0.15) is 25.7 Å². The van der Waals surface area contributed by atoms with E-state index in [-0.39, 0.29) is 5.91 Å². The van der Waals surface area contributed by atoms with Crippen LogP contribution >= 0.6 is 0 Å². The molecular weight excluding hydrogens is 192 g/mol. The monoisotopic (exact) mass is 214 g/mol. The van der Waals surface area contributed by atoms with E-state index in [4.69, 9.17) is 4.74 Å². The largest absolute Gasteiger partial charge is 0.385 e. The lowest BCUT2D eigenvalue weighted by atomic mass is 10.2. The molecule has 0 aromatic carbocycles. The SMILES string of the molecule is CNCC1CCCN1C(=O)CCCOC. The summed E-state index contributed by atoms with van der Waals surface area (Å²) < 4.78 is 4.95. The summed E-state index contributed by atoms with van der Waals surface area (Å²) in [5.41, 5.74) is 0. The van der Waals surface area contributed by atoms with Crippen LogP contribution in [-0.2, 0) is 9.53 Å². The van der Waals surface area contributed by atoms with Crippen molar-refractivity contribution in [3.63, 3.8) is 0 Å². The molecule has 1 atom stereocenters. The zero-order valence-electron chi connectivity index (χ0n) is 9.79. The number of nitrogens with one attached hydrogen (secondary N) is 1. The molecule has 0 aliphatic carbocycles. The standard InChI is InChI=1S/C11H22N2O2/c1-12-9-10-5-3-7-13(10)11(14)6-4-8-15-2/h10,12H,3-9H2,1-2H3. The zero-order valence-corrected chi connectivity index (χ0v) is 9.79. The molecule has 0 aromatic rings. The highest BCUT2D eigenvalue weighted by Crippen LogP contribution is 2.17. The molecular formula is C11H22N2O2. The van der Waals surface area contributed by atoms with E-state index in [2.05, 4.69) is 5.32 Å². The van der Waals surface area contributed by atoms with Gasteiger partial charge in [-0.3, -0.25) is 4.79 Å². The number of carbonyl (C=O) groups is 1. The van der Waals surface area contributed by atoms with Gasteiger partial charge in [0.2, 0.25) is 5.91 Å². The highest BCUT2D eigenvalue weighted by Gasteiger charge is 2.27. The van der Waals surface area contributed by atoms with Crippen LogP contribution in [0.25, 0.3) is 0 Å². The van der Waals surface area contributed by atoms with E-state index in [1.807, 2.05) is 11.9 Å². The van der Waals surface area contributed by atoms with Gasteiger partial charge in [0, 0.05) is 39.3 Å². The van der Waals surface area contributed by atoms with Gasteiger partial charge in [0.25, 0.3) is 0 Å². The summed E-state index contributed by atoms with van der Waals surface area (Å²) in [6.45, 7) is 2.52. The van der Waals surface area contributed by atoms with Gasteiger partial charge in [-0.2, -0.15) is 0 Å². The molecule has 0 spiro atoms. The number of likely N-dealkylation sites (tertiary alicyclic amines) is 1. The van der Waals surface area contributed by atoms with Crippen LogP contribution in [0, 0.1) is 0 Å². The van der Waals surface area contributed by atoms with Gasteiger partial charge < -0.3 is 15.0 Å². The molecule has 1 N–H and O–H groups in total. The van der Waals surface area contributed by atoms with Crippen molar-refractivity contribution in [2.75, 3.05) is 33.9 Å². The molecule has 1 aliphatic heterocycles. The van der Waals surface area contributed by atoms with E-state index in [0.717, 1.165) is 32.4 Å². The summed E-state index contributed by atoms with van der Waals surface area (Å²) in [6.07, 6.45) is 3.73. The molecule has 0 bridgehead atoms. The molecule has 1 rings (SSSR count). The molecule has 1 amide bonds. The second-order valence-corrected chi connectivity index (χ2v) is 4.04. The van der Waals surface area contributed by atoms with E-state index in [0.29, 0.717) is 19.1 Å². The predicted octanol–water partition coefficient (Wildman–Crippen LogP) is 0.623. The van der Waals surface area contributed by atoms with Crippen molar-refractivity contribution in [1.29, 1.82) is 0 Å². The number of hydrogen-bond acceptors (Lipinski definition) is 3. The normalized spacial score (nSPS) is 20.9. The number of methoxy groups -OCH3 is 1. The lowest BCUT2D eigenvalue weighted by Crippen LogP contribution is -2.40. The maximum atomic E-state index is 11.8. The van der Waals surface area contributed by atoms with Gasteiger partial charge >= 0.3 is 0 Å². The van der Waals surface area contributed by atoms with Crippen molar-refractivity contribution in [3.05, 3.63) is 0 Å². The molecule has 0 saturated carbocycles. The second-order valence-electron chi connectivity index (χ2n) is 4.04. The number of hydrogen-bond donors (Lipinski definition) is 1. The Morgan fingerprint density at radius 1 is 1.60 bits per heavy atom. The molecule has 4 nitrogen and oxygen atoms in total. The quantitative estimate of drug-likeness (QED) is 0.659. The number of amides is 1. The minimum atomic E-state index is 0.282. The van der Waals surface area contributed by atoms with Crippen LogP contribution in [0.3, 0.4) is 0 Å². The van der Waals surface area contributed by atoms with E-state index in [1.165, 1.54) is 0 Å². The summed E-state index contributed by atoms with van der Waals surface area (Å²) >= 11 is 0. The minimum absolute atomic E-state index is 0.282. The Balaban J connectivity index is 2.30. The highest BCUT2D eigenvalue weighted by atomic mass is 16.5. The van der Waals surface area contributed by atoms with Crippen molar-refractivity contribution in [2.45, 2.75) is 31.7 Å². The van der Waals surface area contributed by atoms with Crippen LogP contribution in [0.15, 0.2) is 0 Å². The first-order valence-corrected chi connectivity index (χ1v) is 5.72. The summed E-state index contributed by atoms with van der Waals surface area (Å²) in [6, 6.07) is 0.407. The van der Waals surface area contributed by atoms with Crippen molar-refractivity contribution in [2.24, 2.45) is 0 Å². The number of carbonyl (C=O) groups excluding carboxylic acids is 1. The van der Waals surface area contributed by atoms with Gasteiger partial charge in [0.1, 0.15) is 0 Å². The predicted molar refractivity (Wildman–Crippen MR) is 59.8 cm³/mol. The number of rotatable bonds is 6. The lowest BCUT2D eigenvalue weighted by molar-refractivity contribution is -0.132. The molecule has 1 unspecified atom stereocenters. The van der Waals surface area contributed by atoms with Crippen LogP contribution in [0.4, 0.5) is 0 Å². The first-order valence-electron chi connectivity index (χ1n) is 5.72. The van der Waals surface area contributed by atoms with Crippen LogP contribution < -0.4 is 5.32 Å². The fraction of sp³-hybridized carbons (Fsp3) is 0.909. The smallest absolute Gasteiger partial charge is 0.222 e. The molecule has 1 aliphatic rings. The van der Waals surface area contributed by atoms with Crippen molar-refractivity contribution in [3.8, 4) is 0 Å². The summed E-state index contributed by atoms with van der Waals surface area (Å²) in [4.78, 5) is 13.9. The molecule has 0 aromatic heterocycles. The second kappa shape index (κ2) is 6.80. The Labute approximate surface area is 92.0 Å². The summed E-state index contributed by atoms with van der Waals surface area (Å²) in [7, 11) is 3.61. The number of likely N-dealkylation sites (N-methyl/N-ethyl adjacent to an activating group) is 1. The van der Waals surface area contributed by atoms with Crippen molar-refractivity contribution in [1.82, 2.24) is 10.2 Å². The number of ether oxygens (including phenoxy) is 1. The molecule has 88 valence electrons. The number of nitrogens with zero attached hydrogens (tertiary/aromatic N) is 1. The van der Waals surface area contributed by atoms with Crippen LogP contribution in [0.5, 0.6) is 0 Å². The summed E-state index contributed by atoms with van der Waals surface area (Å²) in [5, 5.41) is 3.14. The molecule has 1 heterocycles. The Bertz CT molecular complexity index is 197. The molecule has 1 saturated heterocycles. The Hall–Kier alpha value is -0.610. The summed E-state index contributed by atoms with van der Waals surface area (Å²) in [5.74, 6) is 0.282. The third kappa shape index (κ3) is 3.80. The third-order valence-electron chi connectivity index (χ3n) is 2.88. The first kappa shape index (κ1) is 12.5. The van der Waals surface area contributed by atoms with Gasteiger partial charge in [0.05, 0.1) is 0 Å². The maximum Gasteiger partial charge on any atom is 0.222 e. The molecule has 1 fully saturated rings. The lowest BCUT2D eigenvalue weighted by Gasteiger charge is -2.24. The first-order chi connectivity index (χ1) is 7.29. The van der Waals surface area contributed by atoms with Gasteiger partial charge in [-0.05, 0) is 26.3 Å². The van der Waals surface area contributed by atoms with E-state index in [9.17, 15) is 4.79 Å². The van der Waals surface area contributed by atoms with E-state index in [1.54, 1.807) is 7.11 Å². The average molecular weight is 214 g/mol. The Morgan fingerprint density at radius 3 is 3.07 bits per heavy atom. The topological polar surface area (TPSA) is 41.6 Å². The van der Waals surface area contributed by atoms with Gasteiger partial charge in [-0.15, -0.1) is 0 Å². The van der Waals surface area contributed by atoms with Crippen LogP contribution in [0.2, 0.25) is 0 Å². The van der Waals surface area contributed by atoms with E-state index >= 15 is 0 Å². The fourth-order valence-corrected chi connectivity index (χ4v) is 2.12. The molecule has 15 heavy (non-hydrogen) atoms. The Kier molecular flexibility index (Phi) is 5.65. The maximum absolute atomic E-state index is 11.8. The van der Waals surface area contributed by atoms with Gasteiger partial charge in [-0.25, -0.2) is 0 Å². The molecule has 4 heteroatoms. The van der Waals surface area contributed by atoms with Gasteiger partial charge in [-0.1, -0.05) is 0 Å². The fourth-order valence-electron chi connectivity index (χ4n) is 2.12. The average Bonchev–Trinajstić information content (AvgIpc) is 2.67. The minimum Gasteiger partial charge on any atom is -0.385 e. The highest BCUT2D eigenvalue weighted by molar-refractivity contribution is 5.76. The third-order valence-corrected chi connectivity index (χ3v) is 2.88.